The van der Waals surface area contributed by atoms with Crippen LogP contribution < -0.4 is 10.6 Å². The van der Waals surface area contributed by atoms with Crippen LogP contribution in [0.3, 0.4) is 0 Å². The van der Waals surface area contributed by atoms with Gasteiger partial charge in [-0.3, -0.25) is 4.79 Å². The summed E-state index contributed by atoms with van der Waals surface area (Å²) in [5, 5.41) is 14.5. The fourth-order valence-electron chi connectivity index (χ4n) is 1.40. The van der Waals surface area contributed by atoms with Gasteiger partial charge in [-0.15, -0.1) is 0 Å². The Hall–Kier alpha value is -1.59. The van der Waals surface area contributed by atoms with Crippen molar-refractivity contribution in [1.29, 1.82) is 0 Å². The quantitative estimate of drug-likeness (QED) is 0.689. The van der Waals surface area contributed by atoms with Crippen molar-refractivity contribution in [2.45, 2.75) is 12.8 Å². The molecule has 0 atom stereocenters. The molecule has 0 unspecified atom stereocenters. The number of nitrogens with zero attached hydrogens (tertiary/aromatic N) is 1. The molecule has 18 heavy (non-hydrogen) atoms. The SMILES string of the molecule is C=C(CCCO)NC(=O)c1cnc(Cl)cc1NC. The van der Waals surface area contributed by atoms with Crippen molar-refractivity contribution in [3.05, 3.63) is 35.3 Å². The van der Waals surface area contributed by atoms with E-state index in [9.17, 15) is 4.79 Å². The summed E-state index contributed by atoms with van der Waals surface area (Å²) in [7, 11) is 1.70. The van der Waals surface area contributed by atoms with Crippen LogP contribution in [-0.4, -0.2) is 29.7 Å². The maximum absolute atomic E-state index is 12.0. The molecule has 0 aromatic carbocycles. The van der Waals surface area contributed by atoms with Crippen LogP contribution in [-0.2, 0) is 0 Å². The van der Waals surface area contributed by atoms with Gasteiger partial charge in [0.05, 0.1) is 11.3 Å². The number of nitrogens with one attached hydrogen (secondary N) is 2. The van der Waals surface area contributed by atoms with Gasteiger partial charge in [0.1, 0.15) is 5.15 Å². The van der Waals surface area contributed by atoms with Crippen molar-refractivity contribution in [3.63, 3.8) is 0 Å². The molecule has 98 valence electrons. The average molecular weight is 270 g/mol. The Morgan fingerprint density at radius 1 is 1.61 bits per heavy atom. The number of carbonyl (C=O) groups is 1. The monoisotopic (exact) mass is 269 g/mol. The highest BCUT2D eigenvalue weighted by molar-refractivity contribution is 6.29. The minimum absolute atomic E-state index is 0.0686. The lowest BCUT2D eigenvalue weighted by Gasteiger charge is -2.11. The summed E-state index contributed by atoms with van der Waals surface area (Å²) in [6.07, 6.45) is 2.51. The van der Waals surface area contributed by atoms with E-state index in [0.717, 1.165) is 0 Å². The molecule has 0 aliphatic heterocycles. The lowest BCUT2D eigenvalue weighted by molar-refractivity contribution is 0.0964. The van der Waals surface area contributed by atoms with Gasteiger partial charge in [-0.05, 0) is 18.9 Å². The third-order valence-electron chi connectivity index (χ3n) is 2.31. The van der Waals surface area contributed by atoms with Crippen molar-refractivity contribution >= 4 is 23.2 Å². The summed E-state index contributed by atoms with van der Waals surface area (Å²) in [4.78, 5) is 15.8. The second-order valence-corrected chi connectivity index (χ2v) is 4.07. The van der Waals surface area contributed by atoms with Crippen LogP contribution >= 0.6 is 11.6 Å². The van der Waals surface area contributed by atoms with Crippen molar-refractivity contribution in [1.82, 2.24) is 10.3 Å². The van der Waals surface area contributed by atoms with Crippen LogP contribution in [0.2, 0.25) is 5.15 Å². The van der Waals surface area contributed by atoms with Gasteiger partial charge in [0.15, 0.2) is 0 Å². The number of aliphatic hydroxyl groups is 1. The van der Waals surface area contributed by atoms with Crippen LogP contribution in [0.25, 0.3) is 0 Å². The number of pyridine rings is 1. The molecule has 3 N–H and O–H groups in total. The van der Waals surface area contributed by atoms with E-state index in [0.29, 0.717) is 34.9 Å². The number of hydrogen-bond acceptors (Lipinski definition) is 4. The zero-order chi connectivity index (χ0) is 13.5. The first-order chi connectivity index (χ1) is 8.58. The molecule has 0 aliphatic rings. The predicted octanol–water partition coefficient (Wildman–Crippen LogP) is 1.79. The van der Waals surface area contributed by atoms with Crippen LogP contribution in [0.5, 0.6) is 0 Å². The minimum Gasteiger partial charge on any atom is -0.396 e. The van der Waals surface area contributed by atoms with Crippen LogP contribution in [0.15, 0.2) is 24.5 Å². The van der Waals surface area contributed by atoms with Gasteiger partial charge in [0.2, 0.25) is 0 Å². The van der Waals surface area contributed by atoms with E-state index in [2.05, 4.69) is 22.2 Å². The van der Waals surface area contributed by atoms with E-state index in [1.165, 1.54) is 6.20 Å². The highest BCUT2D eigenvalue weighted by atomic mass is 35.5. The smallest absolute Gasteiger partial charge is 0.259 e. The predicted molar refractivity (Wildman–Crippen MR) is 71.7 cm³/mol. The third-order valence-corrected chi connectivity index (χ3v) is 2.52. The van der Waals surface area contributed by atoms with Gasteiger partial charge in [0.25, 0.3) is 5.91 Å². The van der Waals surface area contributed by atoms with Crippen molar-refractivity contribution in [2.24, 2.45) is 0 Å². The van der Waals surface area contributed by atoms with Crippen molar-refractivity contribution in [3.8, 4) is 0 Å². The van der Waals surface area contributed by atoms with E-state index < -0.39 is 0 Å². The number of rotatable bonds is 6. The van der Waals surface area contributed by atoms with Crippen molar-refractivity contribution in [2.75, 3.05) is 19.0 Å². The molecule has 1 aromatic heterocycles. The first kappa shape index (κ1) is 14.5. The van der Waals surface area contributed by atoms with E-state index in [1.54, 1.807) is 13.1 Å². The van der Waals surface area contributed by atoms with Gasteiger partial charge in [0, 0.05) is 25.5 Å². The van der Waals surface area contributed by atoms with Gasteiger partial charge in [-0.25, -0.2) is 4.98 Å². The largest absolute Gasteiger partial charge is 0.396 e. The summed E-state index contributed by atoms with van der Waals surface area (Å²) < 4.78 is 0. The molecule has 1 aromatic rings. The molecule has 0 saturated carbocycles. The molecule has 5 nitrogen and oxygen atoms in total. The number of aromatic nitrogens is 1. The Balaban J connectivity index is 2.75. The molecule has 0 radical (unpaired) electrons. The molecule has 0 bridgehead atoms. The molecule has 0 aliphatic carbocycles. The molecule has 0 saturated heterocycles. The number of allylic oxidation sites excluding steroid dienone is 1. The standard InChI is InChI=1S/C12H16ClN3O2/c1-8(4-3-5-17)16-12(18)9-7-15-11(13)6-10(9)14-2/h6-7,17H,1,3-5H2,2H3,(H,14,15)(H,16,18). The third kappa shape index (κ3) is 4.01. The highest BCUT2D eigenvalue weighted by Crippen LogP contribution is 2.18. The Kier molecular flexibility index (Phi) is 5.61. The molecular weight excluding hydrogens is 254 g/mol. The zero-order valence-electron chi connectivity index (χ0n) is 10.2. The van der Waals surface area contributed by atoms with Gasteiger partial charge >= 0.3 is 0 Å². The van der Waals surface area contributed by atoms with E-state index >= 15 is 0 Å². The molecule has 6 heteroatoms. The number of aliphatic hydroxyl groups excluding tert-OH is 1. The maximum Gasteiger partial charge on any atom is 0.259 e. The number of anilines is 1. The number of hydrogen-bond donors (Lipinski definition) is 3. The number of halogens is 1. The molecular formula is C12H16ClN3O2. The second kappa shape index (κ2) is 6.98. The Labute approximate surface area is 111 Å². The summed E-state index contributed by atoms with van der Waals surface area (Å²) in [5.74, 6) is -0.300. The first-order valence-corrected chi connectivity index (χ1v) is 5.89. The normalized spacial score (nSPS) is 9.94. The first-order valence-electron chi connectivity index (χ1n) is 5.51. The minimum atomic E-state index is -0.300. The zero-order valence-corrected chi connectivity index (χ0v) is 10.9. The molecule has 0 fully saturated rings. The Morgan fingerprint density at radius 2 is 2.33 bits per heavy atom. The van der Waals surface area contributed by atoms with E-state index in [-0.39, 0.29) is 12.5 Å². The Morgan fingerprint density at radius 3 is 2.94 bits per heavy atom. The highest BCUT2D eigenvalue weighted by Gasteiger charge is 2.12. The molecule has 1 rings (SSSR count). The van der Waals surface area contributed by atoms with Gasteiger partial charge in [-0.1, -0.05) is 18.2 Å². The fraction of sp³-hybridized carbons (Fsp3) is 0.333. The molecule has 0 spiro atoms. The van der Waals surface area contributed by atoms with Crippen LogP contribution in [0.1, 0.15) is 23.2 Å². The van der Waals surface area contributed by atoms with Gasteiger partial charge in [-0.2, -0.15) is 0 Å². The summed E-state index contributed by atoms with van der Waals surface area (Å²) in [5.41, 5.74) is 1.56. The second-order valence-electron chi connectivity index (χ2n) is 3.69. The summed E-state index contributed by atoms with van der Waals surface area (Å²) in [6.45, 7) is 3.79. The van der Waals surface area contributed by atoms with E-state index in [4.69, 9.17) is 16.7 Å². The Bertz CT molecular complexity index is 449. The van der Waals surface area contributed by atoms with Crippen LogP contribution in [0.4, 0.5) is 5.69 Å². The number of amides is 1. The summed E-state index contributed by atoms with van der Waals surface area (Å²) >= 11 is 5.75. The van der Waals surface area contributed by atoms with Gasteiger partial charge < -0.3 is 15.7 Å². The molecule has 1 heterocycles. The van der Waals surface area contributed by atoms with Crippen LogP contribution in [0, 0.1) is 0 Å². The lowest BCUT2D eigenvalue weighted by Crippen LogP contribution is -2.23. The molecule has 1 amide bonds. The van der Waals surface area contributed by atoms with Crippen molar-refractivity contribution < 1.29 is 9.90 Å². The fourth-order valence-corrected chi connectivity index (χ4v) is 1.56. The topological polar surface area (TPSA) is 74.2 Å². The van der Waals surface area contributed by atoms with E-state index in [1.807, 2.05) is 0 Å². The average Bonchev–Trinajstić information content (AvgIpc) is 2.35. The number of carbonyl (C=O) groups excluding carboxylic acids is 1. The maximum atomic E-state index is 12.0. The lowest BCUT2D eigenvalue weighted by atomic mass is 10.2. The summed E-state index contributed by atoms with van der Waals surface area (Å²) in [6, 6.07) is 1.58.